The summed E-state index contributed by atoms with van der Waals surface area (Å²) in [6, 6.07) is 8.32. The molecule has 1 aliphatic rings. The summed E-state index contributed by atoms with van der Waals surface area (Å²) in [7, 11) is 0. The van der Waals surface area contributed by atoms with Crippen molar-refractivity contribution in [3.8, 4) is 0 Å². The number of amides is 2. The first kappa shape index (κ1) is 14.3. The summed E-state index contributed by atoms with van der Waals surface area (Å²) in [6.45, 7) is 0.905. The van der Waals surface area contributed by atoms with Gasteiger partial charge in [0.05, 0.1) is 12.8 Å². The Morgan fingerprint density at radius 3 is 2.95 bits per heavy atom. The molecule has 3 rings (SSSR count). The maximum Gasteiger partial charge on any atom is 0.273 e. The van der Waals surface area contributed by atoms with Crippen molar-refractivity contribution < 1.29 is 14.0 Å². The van der Waals surface area contributed by atoms with Crippen LogP contribution in [0.4, 0.5) is 0 Å². The SMILES string of the molecule is O=C(NCc1ccco1)[C@@H]1CCCN1C(=O)c1ccccn1. The van der Waals surface area contributed by atoms with Crippen molar-refractivity contribution in [3.63, 3.8) is 0 Å². The highest BCUT2D eigenvalue weighted by Crippen LogP contribution is 2.19. The van der Waals surface area contributed by atoms with Crippen LogP contribution in [-0.4, -0.2) is 34.3 Å². The van der Waals surface area contributed by atoms with Crippen LogP contribution in [0.1, 0.15) is 29.1 Å². The van der Waals surface area contributed by atoms with Gasteiger partial charge < -0.3 is 14.6 Å². The molecular formula is C16H17N3O3. The molecule has 1 fully saturated rings. The molecule has 1 aliphatic heterocycles. The van der Waals surface area contributed by atoms with Gasteiger partial charge in [0.2, 0.25) is 5.91 Å². The van der Waals surface area contributed by atoms with E-state index in [4.69, 9.17) is 4.42 Å². The number of carbonyl (C=O) groups excluding carboxylic acids is 2. The van der Waals surface area contributed by atoms with Gasteiger partial charge in [-0.1, -0.05) is 6.07 Å². The van der Waals surface area contributed by atoms with Gasteiger partial charge in [0.1, 0.15) is 17.5 Å². The predicted octanol–water partition coefficient (Wildman–Crippen LogP) is 1.60. The monoisotopic (exact) mass is 299 g/mol. The van der Waals surface area contributed by atoms with Crippen LogP contribution in [0.25, 0.3) is 0 Å². The molecule has 2 aromatic rings. The molecule has 0 bridgehead atoms. The van der Waals surface area contributed by atoms with Crippen molar-refractivity contribution in [1.82, 2.24) is 15.2 Å². The third kappa shape index (κ3) is 3.00. The Hall–Kier alpha value is -2.63. The van der Waals surface area contributed by atoms with Crippen LogP contribution in [-0.2, 0) is 11.3 Å². The fraction of sp³-hybridized carbons (Fsp3) is 0.312. The van der Waals surface area contributed by atoms with E-state index in [0.29, 0.717) is 31.0 Å². The summed E-state index contributed by atoms with van der Waals surface area (Å²) < 4.78 is 5.18. The molecule has 2 aromatic heterocycles. The number of nitrogens with zero attached hydrogens (tertiary/aromatic N) is 2. The molecule has 0 unspecified atom stereocenters. The Bertz CT molecular complexity index is 640. The zero-order valence-electron chi connectivity index (χ0n) is 12.1. The van der Waals surface area contributed by atoms with Gasteiger partial charge >= 0.3 is 0 Å². The summed E-state index contributed by atoms with van der Waals surface area (Å²) in [4.78, 5) is 30.4. The quantitative estimate of drug-likeness (QED) is 0.930. The van der Waals surface area contributed by atoms with Crippen LogP contribution in [0.3, 0.4) is 0 Å². The zero-order chi connectivity index (χ0) is 15.4. The molecule has 6 heteroatoms. The van der Waals surface area contributed by atoms with Crippen molar-refractivity contribution in [2.24, 2.45) is 0 Å². The fourth-order valence-electron chi connectivity index (χ4n) is 2.62. The number of furan rings is 1. The van der Waals surface area contributed by atoms with E-state index in [2.05, 4.69) is 10.3 Å². The van der Waals surface area contributed by atoms with Crippen LogP contribution >= 0.6 is 0 Å². The smallest absolute Gasteiger partial charge is 0.273 e. The minimum Gasteiger partial charge on any atom is -0.467 e. The standard InChI is InChI=1S/C16H17N3O3/c20-15(18-11-12-5-4-10-22-12)14-7-3-9-19(14)16(21)13-6-1-2-8-17-13/h1-2,4-6,8,10,14H,3,7,9,11H2,(H,18,20)/t14-/m0/s1. The number of rotatable bonds is 4. The Morgan fingerprint density at radius 2 is 2.23 bits per heavy atom. The summed E-state index contributed by atoms with van der Waals surface area (Å²) in [6.07, 6.45) is 4.63. The number of hydrogen-bond acceptors (Lipinski definition) is 4. The van der Waals surface area contributed by atoms with Gasteiger partial charge in [-0.05, 0) is 37.1 Å². The first-order chi connectivity index (χ1) is 10.8. The average molecular weight is 299 g/mol. The first-order valence-corrected chi connectivity index (χ1v) is 7.28. The second kappa shape index (κ2) is 6.43. The van der Waals surface area contributed by atoms with Crippen LogP contribution in [0.15, 0.2) is 47.2 Å². The molecule has 3 heterocycles. The third-order valence-electron chi connectivity index (χ3n) is 3.72. The molecule has 1 saturated heterocycles. The molecule has 0 spiro atoms. The lowest BCUT2D eigenvalue weighted by molar-refractivity contribution is -0.125. The number of likely N-dealkylation sites (tertiary alicyclic amines) is 1. The maximum absolute atomic E-state index is 12.5. The second-order valence-electron chi connectivity index (χ2n) is 5.17. The number of nitrogens with one attached hydrogen (secondary N) is 1. The van der Waals surface area contributed by atoms with Crippen molar-refractivity contribution in [1.29, 1.82) is 0 Å². The highest BCUT2D eigenvalue weighted by molar-refractivity contribution is 5.96. The molecule has 2 amide bonds. The van der Waals surface area contributed by atoms with Crippen LogP contribution in [0.2, 0.25) is 0 Å². The number of hydrogen-bond donors (Lipinski definition) is 1. The van der Waals surface area contributed by atoms with E-state index in [1.54, 1.807) is 47.7 Å². The second-order valence-corrected chi connectivity index (χ2v) is 5.17. The van der Waals surface area contributed by atoms with Crippen LogP contribution in [0, 0.1) is 0 Å². The van der Waals surface area contributed by atoms with E-state index < -0.39 is 6.04 Å². The fourth-order valence-corrected chi connectivity index (χ4v) is 2.62. The minimum absolute atomic E-state index is 0.154. The third-order valence-corrected chi connectivity index (χ3v) is 3.72. The summed E-state index contributed by atoms with van der Waals surface area (Å²) in [5, 5.41) is 2.82. The van der Waals surface area contributed by atoms with Gasteiger partial charge in [0, 0.05) is 12.7 Å². The highest BCUT2D eigenvalue weighted by Gasteiger charge is 2.34. The van der Waals surface area contributed by atoms with E-state index in [-0.39, 0.29) is 11.8 Å². The van der Waals surface area contributed by atoms with Crippen molar-refractivity contribution in [2.45, 2.75) is 25.4 Å². The van der Waals surface area contributed by atoms with E-state index in [0.717, 1.165) is 6.42 Å². The molecule has 1 atom stereocenters. The van der Waals surface area contributed by atoms with Gasteiger partial charge in [-0.2, -0.15) is 0 Å². The maximum atomic E-state index is 12.5. The summed E-state index contributed by atoms with van der Waals surface area (Å²) >= 11 is 0. The first-order valence-electron chi connectivity index (χ1n) is 7.28. The molecule has 114 valence electrons. The van der Waals surface area contributed by atoms with E-state index in [9.17, 15) is 9.59 Å². The van der Waals surface area contributed by atoms with Crippen molar-refractivity contribution >= 4 is 11.8 Å². The normalized spacial score (nSPS) is 17.5. The number of aromatic nitrogens is 1. The van der Waals surface area contributed by atoms with Crippen LogP contribution in [0.5, 0.6) is 0 Å². The highest BCUT2D eigenvalue weighted by atomic mass is 16.3. The summed E-state index contributed by atoms with van der Waals surface area (Å²) in [5.41, 5.74) is 0.369. The van der Waals surface area contributed by atoms with Gasteiger partial charge in [-0.3, -0.25) is 14.6 Å². The Balaban J connectivity index is 1.65. The predicted molar refractivity (Wildman–Crippen MR) is 78.9 cm³/mol. The lowest BCUT2D eigenvalue weighted by atomic mass is 10.2. The topological polar surface area (TPSA) is 75.4 Å². The van der Waals surface area contributed by atoms with Gasteiger partial charge in [-0.15, -0.1) is 0 Å². The largest absolute Gasteiger partial charge is 0.467 e. The molecule has 0 saturated carbocycles. The molecule has 0 radical (unpaired) electrons. The Kier molecular flexibility index (Phi) is 4.18. The molecule has 0 aliphatic carbocycles. The molecule has 6 nitrogen and oxygen atoms in total. The van der Waals surface area contributed by atoms with Crippen molar-refractivity contribution in [3.05, 3.63) is 54.2 Å². The van der Waals surface area contributed by atoms with E-state index >= 15 is 0 Å². The van der Waals surface area contributed by atoms with Crippen LogP contribution < -0.4 is 5.32 Å². The van der Waals surface area contributed by atoms with E-state index in [1.165, 1.54) is 0 Å². The lowest BCUT2D eigenvalue weighted by Gasteiger charge is -2.23. The molecular weight excluding hydrogens is 282 g/mol. The summed E-state index contributed by atoms with van der Waals surface area (Å²) in [5.74, 6) is 0.336. The number of pyridine rings is 1. The van der Waals surface area contributed by atoms with E-state index in [1.807, 2.05) is 0 Å². The molecule has 1 N–H and O–H groups in total. The van der Waals surface area contributed by atoms with Gasteiger partial charge in [0.15, 0.2) is 0 Å². The number of carbonyl (C=O) groups is 2. The minimum atomic E-state index is -0.440. The molecule has 22 heavy (non-hydrogen) atoms. The lowest BCUT2D eigenvalue weighted by Crippen LogP contribution is -2.45. The average Bonchev–Trinajstić information content (AvgIpc) is 3.24. The Labute approximate surface area is 128 Å². The van der Waals surface area contributed by atoms with Crippen molar-refractivity contribution in [2.75, 3.05) is 6.54 Å². The van der Waals surface area contributed by atoms with Gasteiger partial charge in [-0.25, -0.2) is 0 Å². The van der Waals surface area contributed by atoms with Gasteiger partial charge in [0.25, 0.3) is 5.91 Å². The molecule has 0 aromatic carbocycles. The zero-order valence-corrected chi connectivity index (χ0v) is 12.1. The Morgan fingerprint density at radius 1 is 1.32 bits per heavy atom.